The van der Waals surface area contributed by atoms with Gasteiger partial charge >= 0.3 is 5.97 Å². The summed E-state index contributed by atoms with van der Waals surface area (Å²) in [6.45, 7) is 0. The molecule has 0 bridgehead atoms. The fraction of sp³-hybridized carbons (Fsp3) is 0.300. The first-order chi connectivity index (χ1) is 27.1. The summed E-state index contributed by atoms with van der Waals surface area (Å²) in [6, 6.07) is 11.8. The van der Waals surface area contributed by atoms with E-state index in [1.54, 1.807) is 25.3 Å². The highest BCUT2D eigenvalue weighted by molar-refractivity contribution is 8.14. The Morgan fingerprint density at radius 2 is 1.21 bits per heavy atom. The highest BCUT2D eigenvalue weighted by Gasteiger charge is 2.31. The Kier molecular flexibility index (Phi) is 9.24. The lowest BCUT2D eigenvalue weighted by atomic mass is 9.85. The molecule has 0 saturated carbocycles. The van der Waals surface area contributed by atoms with Crippen LogP contribution in [0.3, 0.4) is 0 Å². The van der Waals surface area contributed by atoms with Gasteiger partial charge in [-0.2, -0.15) is 0 Å². The van der Waals surface area contributed by atoms with Gasteiger partial charge in [-0.05, 0) is 85.0 Å². The lowest BCUT2D eigenvalue weighted by molar-refractivity contribution is -0.142. The second kappa shape index (κ2) is 14.4. The Labute approximate surface area is 329 Å². The van der Waals surface area contributed by atoms with Crippen LogP contribution in [0.5, 0.6) is 0 Å². The lowest BCUT2D eigenvalue weighted by Gasteiger charge is -2.24. The largest absolute Gasteiger partial charge is 0.481 e. The summed E-state index contributed by atoms with van der Waals surface area (Å²) >= 11 is 2.55. The smallest absolute Gasteiger partial charge is 0.306 e. The maximum Gasteiger partial charge on any atom is 0.306 e. The maximum absolute atomic E-state index is 12.5. The van der Waals surface area contributed by atoms with E-state index < -0.39 is 5.97 Å². The molecule has 2 atom stereocenters. The number of aliphatic carboxylic acids is 1. The third kappa shape index (κ3) is 6.76. The topological polar surface area (TPSA) is 199 Å². The molecule has 56 heavy (non-hydrogen) atoms. The number of aromatic amines is 2. The maximum atomic E-state index is 12.5. The number of nitrogens with zero attached hydrogens (tertiary/aromatic N) is 5. The molecule has 0 radical (unpaired) electrons. The van der Waals surface area contributed by atoms with Gasteiger partial charge in [-0.3, -0.25) is 19.2 Å². The number of nitrogens with one attached hydrogen (secondary N) is 4. The zero-order valence-electron chi connectivity index (χ0n) is 30.6. The number of carbonyl (C=O) groups is 4. The number of H-pyrrole nitrogens is 2. The monoisotopic (exact) mass is 787 g/mol. The van der Waals surface area contributed by atoms with E-state index >= 15 is 0 Å². The van der Waals surface area contributed by atoms with E-state index in [2.05, 4.69) is 40.5 Å². The van der Waals surface area contributed by atoms with Crippen molar-refractivity contribution in [3.05, 3.63) is 82.7 Å². The Bertz CT molecular complexity index is 2620. The molecule has 0 spiro atoms. The van der Waals surface area contributed by atoms with Gasteiger partial charge in [-0.15, -0.1) is 0 Å². The second-order valence-electron chi connectivity index (χ2n) is 14.7. The van der Waals surface area contributed by atoms with Crippen LogP contribution < -0.4 is 10.6 Å². The number of carbonyl (C=O) groups excluding carboxylic acids is 3. The van der Waals surface area contributed by atoms with Crippen LogP contribution in [-0.4, -0.2) is 76.1 Å². The van der Waals surface area contributed by atoms with E-state index in [0.29, 0.717) is 50.0 Å². The predicted molar refractivity (Wildman–Crippen MR) is 214 cm³/mol. The van der Waals surface area contributed by atoms with Gasteiger partial charge < -0.3 is 30.6 Å². The molecule has 5 N–H and O–H groups in total. The Morgan fingerprint density at radius 1 is 0.732 bits per heavy atom. The summed E-state index contributed by atoms with van der Waals surface area (Å²) in [6.07, 6.45) is 8.14. The number of fused-ring (bicyclic) bond motifs is 8. The molecule has 2 aromatic carbocycles. The number of aryl methyl sites for hydroxylation is 2. The molecule has 6 heterocycles. The fourth-order valence-electron chi connectivity index (χ4n) is 8.11. The molecule has 284 valence electrons. The van der Waals surface area contributed by atoms with Crippen molar-refractivity contribution in [3.63, 3.8) is 0 Å². The molecule has 2 aliphatic heterocycles. The molecule has 6 aromatic rings. The molecular weight excluding hydrogens is 751 g/mol. The van der Waals surface area contributed by atoms with Gasteiger partial charge in [0.1, 0.15) is 35.6 Å². The number of thioether (sulfide) groups is 2. The first-order valence-corrected chi connectivity index (χ1v) is 20.0. The second-order valence-corrected chi connectivity index (χ2v) is 16.9. The zero-order valence-corrected chi connectivity index (χ0v) is 32.2. The molecule has 2 unspecified atom stereocenters. The van der Waals surface area contributed by atoms with Crippen molar-refractivity contribution in [3.8, 4) is 0 Å². The van der Waals surface area contributed by atoms with Crippen LogP contribution in [0.1, 0.15) is 46.5 Å². The van der Waals surface area contributed by atoms with E-state index in [-0.39, 0.29) is 28.0 Å². The summed E-state index contributed by atoms with van der Waals surface area (Å²) < 4.78 is 0. The SMILES string of the molecule is CN(C)C(=O)C1CCc2[nH]c3ncnc(Nc4ccc5c(c4)SC(=O)C5)c3c2C1.O=C1Cc2ccc(Nc3ncnc4[nH]c5c(c34)CC(C(=O)O)CC5)cc2S1. The van der Waals surface area contributed by atoms with Crippen molar-refractivity contribution >= 4 is 90.7 Å². The molecule has 10 rings (SSSR count). The average Bonchev–Trinajstić information content (AvgIpc) is 3.95. The number of hydrogen-bond donors (Lipinski definition) is 5. The minimum absolute atomic E-state index is 0.0213. The van der Waals surface area contributed by atoms with E-state index in [0.717, 1.165) is 89.9 Å². The van der Waals surface area contributed by atoms with Crippen molar-refractivity contribution in [2.45, 2.75) is 61.2 Å². The third-order valence-electron chi connectivity index (χ3n) is 10.9. The van der Waals surface area contributed by atoms with Crippen LogP contribution >= 0.6 is 23.5 Å². The highest BCUT2D eigenvalue weighted by atomic mass is 32.2. The van der Waals surface area contributed by atoms with Crippen LogP contribution in [-0.2, 0) is 57.7 Å². The van der Waals surface area contributed by atoms with Crippen molar-refractivity contribution in [2.24, 2.45) is 11.8 Å². The molecule has 0 fully saturated rings. The fourth-order valence-corrected chi connectivity index (χ4v) is 9.97. The van der Waals surface area contributed by atoms with Crippen LogP contribution in [0.4, 0.5) is 23.0 Å². The molecule has 4 aliphatic rings. The van der Waals surface area contributed by atoms with Crippen molar-refractivity contribution in [1.82, 2.24) is 34.8 Å². The van der Waals surface area contributed by atoms with Crippen molar-refractivity contribution in [2.75, 3.05) is 24.7 Å². The molecule has 16 heteroatoms. The molecule has 1 amide bonds. The third-order valence-corrected chi connectivity index (χ3v) is 12.8. The quantitative estimate of drug-likeness (QED) is 0.129. The minimum atomic E-state index is -0.762. The van der Waals surface area contributed by atoms with Gasteiger partial charge in [0.25, 0.3) is 0 Å². The van der Waals surface area contributed by atoms with Gasteiger partial charge in [-0.1, -0.05) is 35.7 Å². The predicted octanol–water partition coefficient (Wildman–Crippen LogP) is 6.14. The van der Waals surface area contributed by atoms with Crippen molar-refractivity contribution < 1.29 is 24.3 Å². The van der Waals surface area contributed by atoms with Crippen LogP contribution in [0.25, 0.3) is 22.1 Å². The van der Waals surface area contributed by atoms with Gasteiger partial charge in [0.05, 0.1) is 16.7 Å². The van der Waals surface area contributed by atoms with E-state index in [1.165, 1.54) is 29.9 Å². The summed E-state index contributed by atoms with van der Waals surface area (Å²) in [5.41, 5.74) is 9.65. The Balaban J connectivity index is 0.000000147. The average molecular weight is 788 g/mol. The molecule has 2 aliphatic carbocycles. The number of benzene rings is 2. The number of aromatic nitrogens is 6. The molecular formula is C40H37N9O5S2. The van der Waals surface area contributed by atoms with E-state index in [1.807, 2.05) is 36.4 Å². The summed E-state index contributed by atoms with van der Waals surface area (Å²) in [4.78, 5) is 75.3. The summed E-state index contributed by atoms with van der Waals surface area (Å²) in [5, 5.41) is 18.3. The Morgan fingerprint density at radius 3 is 1.70 bits per heavy atom. The number of hydrogen-bond acceptors (Lipinski definition) is 12. The molecule has 0 saturated heterocycles. The number of carboxylic acid groups (broad SMARTS) is 1. The van der Waals surface area contributed by atoms with Crippen LogP contribution in [0, 0.1) is 11.8 Å². The number of carboxylic acids is 1. The number of anilines is 4. The van der Waals surface area contributed by atoms with Gasteiger partial charge in [0.15, 0.2) is 10.2 Å². The van der Waals surface area contributed by atoms with E-state index in [9.17, 15) is 24.3 Å². The molecule has 14 nitrogen and oxygen atoms in total. The van der Waals surface area contributed by atoms with Crippen LogP contribution in [0.2, 0.25) is 0 Å². The van der Waals surface area contributed by atoms with Gasteiger partial charge in [-0.25, -0.2) is 19.9 Å². The summed E-state index contributed by atoms with van der Waals surface area (Å²) in [5.74, 6) is 0.370. The summed E-state index contributed by atoms with van der Waals surface area (Å²) in [7, 11) is 3.61. The molecule has 4 aromatic heterocycles. The van der Waals surface area contributed by atoms with Crippen molar-refractivity contribution in [1.29, 1.82) is 0 Å². The lowest BCUT2D eigenvalue weighted by Crippen LogP contribution is -2.33. The minimum Gasteiger partial charge on any atom is -0.481 e. The highest BCUT2D eigenvalue weighted by Crippen LogP contribution is 2.40. The van der Waals surface area contributed by atoms with E-state index in [4.69, 9.17) is 0 Å². The van der Waals surface area contributed by atoms with Crippen LogP contribution in [0.15, 0.2) is 58.8 Å². The number of rotatable bonds is 6. The standard InChI is InChI=1S/C21H21N5O2S.C19H16N4O3S/c1-26(2)21(28)12-4-6-15-14(7-12)18-19(22-10-23-20(18)25-15)24-13-5-3-11-8-17(27)29-16(11)9-13;24-15-6-9-1-3-11(7-14(9)27-15)22-17-16-12-5-10(19(25)26)2-4-13(12)23-18(16)21-8-20-17/h3,5,9-10,12H,4,6-8H2,1-2H3,(H2,22,23,24,25);1,3,7-8,10H,2,4-6H2,(H,25,26)(H2,20,21,22,23). The first kappa shape index (κ1) is 35.9. The van der Waals surface area contributed by atoms with Gasteiger partial charge in [0.2, 0.25) is 5.91 Å². The number of amides is 1. The Hall–Kier alpha value is -5.74. The first-order valence-electron chi connectivity index (χ1n) is 18.4. The zero-order chi connectivity index (χ0) is 38.7. The normalized spacial score (nSPS) is 18.1. The van der Waals surface area contributed by atoms with Gasteiger partial charge in [0, 0.05) is 65.4 Å².